The second kappa shape index (κ2) is 22.5. The zero-order chi connectivity index (χ0) is 32.2. The molecule has 0 bridgehead atoms. The minimum absolute atomic E-state index is 0.0317. The maximum Gasteiger partial charge on any atom is 0.317 e. The number of nitrogens with one attached hydrogen (secondary N) is 1. The Balaban J connectivity index is 1.81. The fraction of sp³-hybridized carbons (Fsp3) is 0.871. The Morgan fingerprint density at radius 1 is 0.773 bits per heavy atom. The van der Waals surface area contributed by atoms with Crippen molar-refractivity contribution in [3.05, 3.63) is 0 Å². The number of likely N-dealkylation sites (N-methyl/N-ethyl adjacent to an activating group) is 2. The molecule has 254 valence electrons. The van der Waals surface area contributed by atoms with E-state index in [2.05, 4.69) is 34.1 Å². The van der Waals surface area contributed by atoms with Crippen LogP contribution in [0.1, 0.15) is 45.4 Å². The van der Waals surface area contributed by atoms with Crippen LogP contribution in [0, 0.1) is 5.92 Å². The molecule has 2 rings (SSSR count). The molecule has 0 aromatic heterocycles. The third-order valence-corrected chi connectivity index (χ3v) is 8.33. The second-order valence-electron chi connectivity index (χ2n) is 12.0. The summed E-state index contributed by atoms with van der Waals surface area (Å²) >= 11 is 0. The summed E-state index contributed by atoms with van der Waals surface area (Å²) in [6, 6.07) is -0.364. The lowest BCUT2D eigenvalue weighted by atomic mass is 9.78. The van der Waals surface area contributed by atoms with Crippen molar-refractivity contribution in [2.45, 2.75) is 51.5 Å². The lowest BCUT2D eigenvalue weighted by molar-refractivity contribution is -0.139. The summed E-state index contributed by atoms with van der Waals surface area (Å²) in [4.78, 5) is 57.4. The summed E-state index contributed by atoms with van der Waals surface area (Å²) in [7, 11) is 4.15. The lowest BCUT2D eigenvalue weighted by Crippen LogP contribution is -2.52. The molecule has 13 nitrogen and oxygen atoms in total. The molecule has 13 heteroatoms. The maximum absolute atomic E-state index is 13.6. The molecule has 44 heavy (non-hydrogen) atoms. The highest BCUT2D eigenvalue weighted by atomic mass is 16.5. The van der Waals surface area contributed by atoms with Crippen molar-refractivity contribution in [3.63, 3.8) is 0 Å². The number of carbonyl (C=O) groups excluding carboxylic acids is 3. The van der Waals surface area contributed by atoms with Crippen LogP contribution in [0.4, 0.5) is 0 Å². The number of hydrogen-bond donors (Lipinski definition) is 2. The van der Waals surface area contributed by atoms with Gasteiger partial charge in [0.1, 0.15) is 5.78 Å². The van der Waals surface area contributed by atoms with Gasteiger partial charge in [0.2, 0.25) is 5.91 Å². The van der Waals surface area contributed by atoms with Gasteiger partial charge in [-0.15, -0.1) is 0 Å². The number of amides is 1. The number of rotatable bonds is 20. The lowest BCUT2D eigenvalue weighted by Gasteiger charge is -2.38. The van der Waals surface area contributed by atoms with Crippen molar-refractivity contribution in [1.82, 2.24) is 24.9 Å². The molecule has 1 saturated carbocycles. The van der Waals surface area contributed by atoms with E-state index in [9.17, 15) is 24.3 Å². The molecule has 1 amide bonds. The number of carbonyl (C=O) groups is 4. The number of carboxylic acid groups (broad SMARTS) is 1. The fourth-order valence-corrected chi connectivity index (χ4v) is 5.18. The highest BCUT2D eigenvalue weighted by Crippen LogP contribution is 2.30. The Kier molecular flexibility index (Phi) is 19.5. The summed E-state index contributed by atoms with van der Waals surface area (Å²) in [6.07, 6.45) is 3.96. The third kappa shape index (κ3) is 16.9. The van der Waals surface area contributed by atoms with Gasteiger partial charge in [-0.3, -0.25) is 29.0 Å². The number of carboxylic acids is 1. The Bertz CT molecular complexity index is 859. The quantitative estimate of drug-likeness (QED) is 0.178. The summed E-state index contributed by atoms with van der Waals surface area (Å²) in [5.74, 6) is -0.594. The summed E-state index contributed by atoms with van der Waals surface area (Å²) < 4.78 is 16.3. The van der Waals surface area contributed by atoms with Gasteiger partial charge in [0.15, 0.2) is 5.78 Å². The van der Waals surface area contributed by atoms with Gasteiger partial charge in [-0.2, -0.15) is 0 Å². The molecule has 1 unspecified atom stereocenters. The largest absolute Gasteiger partial charge is 0.480 e. The molecule has 0 spiro atoms. The zero-order valence-corrected chi connectivity index (χ0v) is 27.3. The Hall–Kier alpha value is -2.00. The number of nitrogens with zero attached hydrogens (tertiary/aromatic N) is 4. The highest BCUT2D eigenvalue weighted by Gasteiger charge is 2.35. The van der Waals surface area contributed by atoms with E-state index >= 15 is 0 Å². The van der Waals surface area contributed by atoms with Crippen molar-refractivity contribution >= 4 is 23.4 Å². The second-order valence-corrected chi connectivity index (χ2v) is 12.0. The van der Waals surface area contributed by atoms with Crippen molar-refractivity contribution < 1.29 is 38.5 Å². The third-order valence-electron chi connectivity index (χ3n) is 8.33. The predicted octanol–water partition coefficient (Wildman–Crippen LogP) is 0.215. The van der Waals surface area contributed by atoms with Crippen LogP contribution in [-0.2, 0) is 33.4 Å². The minimum Gasteiger partial charge on any atom is -0.480 e. The average molecular weight is 628 g/mol. The Morgan fingerprint density at radius 3 is 1.91 bits per heavy atom. The first kappa shape index (κ1) is 38.2. The maximum atomic E-state index is 13.6. The average Bonchev–Trinajstić information content (AvgIpc) is 2.94. The number of Topliss-reactive ketones (excluding diaryl/α,β-unsaturated/α-hetero) is 2. The number of ether oxygens (including phenoxy) is 3. The number of aliphatic carboxylic acids is 1. The van der Waals surface area contributed by atoms with Gasteiger partial charge < -0.3 is 34.4 Å². The summed E-state index contributed by atoms with van der Waals surface area (Å²) in [5.41, 5.74) is 0. The van der Waals surface area contributed by atoms with Crippen LogP contribution in [0.25, 0.3) is 0 Å². The van der Waals surface area contributed by atoms with E-state index in [0.717, 1.165) is 45.4 Å². The molecule has 2 aliphatic rings. The Labute approximate surface area is 263 Å². The van der Waals surface area contributed by atoms with Gasteiger partial charge in [-0.05, 0) is 40.3 Å². The van der Waals surface area contributed by atoms with Gasteiger partial charge in [0.25, 0.3) is 0 Å². The molecule has 1 aliphatic heterocycles. The standard InChI is InChI=1S/C31H57N5O8/c1-26(37)9-19-42-21-23-44-24-22-43-20-10-32-29(38)8-7-28(31(41)27-5-4-6-27)36-17-14-34(3)12-11-33(2)13-15-35(16-18-36)25-30(39)40/h27-28H,4-25H2,1-3H3,(H,32,38)(H,39,40). The van der Waals surface area contributed by atoms with E-state index in [0.29, 0.717) is 85.2 Å². The van der Waals surface area contributed by atoms with E-state index in [4.69, 9.17) is 14.2 Å². The van der Waals surface area contributed by atoms with E-state index in [-0.39, 0.29) is 42.4 Å². The van der Waals surface area contributed by atoms with Gasteiger partial charge in [-0.1, -0.05) is 6.42 Å². The summed E-state index contributed by atoms with van der Waals surface area (Å²) in [5, 5.41) is 12.4. The van der Waals surface area contributed by atoms with Crippen LogP contribution in [0.5, 0.6) is 0 Å². The van der Waals surface area contributed by atoms with E-state index in [1.165, 1.54) is 6.92 Å². The molecule has 1 aliphatic carbocycles. The van der Waals surface area contributed by atoms with Gasteiger partial charge in [-0.25, -0.2) is 0 Å². The zero-order valence-electron chi connectivity index (χ0n) is 27.3. The SMILES string of the molecule is CC(=O)CCOCCOCCOCCNC(=O)CCC(C(=O)C1CCC1)N1CCN(C)CCN(C)CCN(CC(=O)O)CC1. The molecular formula is C31H57N5O8. The molecule has 1 heterocycles. The molecular weight excluding hydrogens is 570 g/mol. The van der Waals surface area contributed by atoms with Gasteiger partial charge in [0.05, 0.1) is 52.2 Å². The van der Waals surface area contributed by atoms with Crippen molar-refractivity contribution in [2.75, 3.05) is 119 Å². The van der Waals surface area contributed by atoms with E-state index in [1.807, 2.05) is 4.90 Å². The molecule has 2 N–H and O–H groups in total. The van der Waals surface area contributed by atoms with Gasteiger partial charge in [0, 0.05) is 77.7 Å². The van der Waals surface area contributed by atoms with Gasteiger partial charge >= 0.3 is 5.97 Å². The number of ketones is 2. The monoisotopic (exact) mass is 627 g/mol. The highest BCUT2D eigenvalue weighted by molar-refractivity contribution is 5.87. The van der Waals surface area contributed by atoms with Crippen LogP contribution in [0.15, 0.2) is 0 Å². The van der Waals surface area contributed by atoms with Crippen LogP contribution >= 0.6 is 0 Å². The normalized spacial score (nSPS) is 19.4. The van der Waals surface area contributed by atoms with Crippen molar-refractivity contribution in [2.24, 2.45) is 5.92 Å². The first-order chi connectivity index (χ1) is 21.2. The van der Waals surface area contributed by atoms with E-state index < -0.39 is 5.97 Å². The van der Waals surface area contributed by atoms with Crippen molar-refractivity contribution in [3.8, 4) is 0 Å². The summed E-state index contributed by atoms with van der Waals surface area (Å²) in [6.45, 7) is 10.1. The minimum atomic E-state index is -0.853. The topological polar surface area (TPSA) is 141 Å². The molecule has 1 saturated heterocycles. The fourth-order valence-electron chi connectivity index (χ4n) is 5.18. The smallest absolute Gasteiger partial charge is 0.317 e. The predicted molar refractivity (Wildman–Crippen MR) is 167 cm³/mol. The first-order valence-electron chi connectivity index (χ1n) is 16.2. The number of hydrogen-bond acceptors (Lipinski definition) is 11. The molecule has 2 fully saturated rings. The van der Waals surface area contributed by atoms with Crippen LogP contribution in [0.3, 0.4) is 0 Å². The molecule has 0 aromatic rings. The molecule has 1 atom stereocenters. The van der Waals surface area contributed by atoms with E-state index in [1.54, 1.807) is 0 Å². The molecule has 0 radical (unpaired) electrons. The molecule has 0 aromatic carbocycles. The van der Waals surface area contributed by atoms with Crippen LogP contribution in [0.2, 0.25) is 0 Å². The Morgan fingerprint density at radius 2 is 1.32 bits per heavy atom. The van der Waals surface area contributed by atoms with Crippen LogP contribution in [-0.4, -0.2) is 173 Å². The van der Waals surface area contributed by atoms with Crippen molar-refractivity contribution in [1.29, 1.82) is 0 Å². The first-order valence-corrected chi connectivity index (χ1v) is 16.2. The van der Waals surface area contributed by atoms with Crippen LogP contribution < -0.4 is 5.32 Å².